The largest absolute Gasteiger partial charge is 0.384 e. The zero-order valence-electron chi connectivity index (χ0n) is 17.3. The number of aryl methyl sites for hydroxylation is 2. The molecule has 0 saturated carbocycles. The lowest BCUT2D eigenvalue weighted by Crippen LogP contribution is -2.32. The zero-order chi connectivity index (χ0) is 21.2. The number of para-hydroxylation sites is 2. The number of fused-ring (bicyclic) bond motifs is 2. The number of hydrogen-bond acceptors (Lipinski definition) is 5. The summed E-state index contributed by atoms with van der Waals surface area (Å²) in [6.45, 7) is 1.83. The van der Waals surface area contributed by atoms with Crippen LogP contribution in [0.3, 0.4) is 0 Å². The van der Waals surface area contributed by atoms with Gasteiger partial charge in [0, 0.05) is 19.7 Å². The van der Waals surface area contributed by atoms with Crippen LogP contribution < -0.4 is 11.1 Å². The molecule has 3 N–H and O–H groups in total. The molecule has 3 heterocycles. The third kappa shape index (κ3) is 3.84. The Morgan fingerprint density at radius 1 is 1.10 bits per heavy atom. The Morgan fingerprint density at radius 3 is 2.58 bits per heavy atom. The van der Waals surface area contributed by atoms with E-state index in [9.17, 15) is 4.79 Å². The number of nitrogens with zero attached hydrogens (tertiary/aromatic N) is 3. The summed E-state index contributed by atoms with van der Waals surface area (Å²) in [7, 11) is 0. The van der Waals surface area contributed by atoms with E-state index in [2.05, 4.69) is 17.4 Å². The van der Waals surface area contributed by atoms with E-state index in [1.807, 2.05) is 47.0 Å². The highest BCUT2D eigenvalue weighted by molar-refractivity contribution is 6.10. The van der Waals surface area contributed by atoms with Crippen LogP contribution in [0.4, 0.5) is 5.82 Å². The van der Waals surface area contributed by atoms with E-state index in [0.717, 1.165) is 36.9 Å². The number of nitrogens with two attached hydrogens (primary N) is 1. The maximum absolute atomic E-state index is 13.1. The van der Waals surface area contributed by atoms with E-state index in [1.165, 1.54) is 5.56 Å². The van der Waals surface area contributed by atoms with Crippen LogP contribution in [0.5, 0.6) is 0 Å². The molecular formula is C24H25N5O2. The fourth-order valence-corrected chi connectivity index (χ4v) is 4.15. The second kappa shape index (κ2) is 8.35. The lowest BCUT2D eigenvalue weighted by molar-refractivity contribution is 0.0859. The number of nitrogen functional groups attached to an aromatic ring is 1. The number of nitrogens with one attached hydrogen (secondary N) is 1. The van der Waals surface area contributed by atoms with Crippen LogP contribution in [0, 0.1) is 0 Å². The highest BCUT2D eigenvalue weighted by atomic mass is 16.5. The van der Waals surface area contributed by atoms with Crippen LogP contribution >= 0.6 is 0 Å². The zero-order valence-corrected chi connectivity index (χ0v) is 17.3. The van der Waals surface area contributed by atoms with Gasteiger partial charge in [-0.2, -0.15) is 0 Å². The molecule has 5 rings (SSSR count). The Labute approximate surface area is 180 Å². The summed E-state index contributed by atoms with van der Waals surface area (Å²) in [6, 6.07) is 17.9. The molecule has 1 amide bonds. The van der Waals surface area contributed by atoms with Crippen LogP contribution in [0.25, 0.3) is 22.2 Å². The van der Waals surface area contributed by atoms with Gasteiger partial charge in [0.2, 0.25) is 0 Å². The minimum absolute atomic E-state index is 0.0588. The molecule has 2 aromatic carbocycles. The average molecular weight is 415 g/mol. The molecular weight excluding hydrogens is 390 g/mol. The summed E-state index contributed by atoms with van der Waals surface area (Å²) in [5.74, 6) is 0.159. The molecule has 1 aliphatic heterocycles. The van der Waals surface area contributed by atoms with E-state index in [0.29, 0.717) is 35.6 Å². The standard InChI is InChI=1S/C24H25N5O2/c25-22-20(24(30)26-15-17-9-6-14-31-17)21-23(28-19-11-5-4-10-18(19)27-21)29(22)13-12-16-7-2-1-3-8-16/h1-5,7-8,10-11,17H,6,9,12-15,25H2,(H,26,30). The summed E-state index contributed by atoms with van der Waals surface area (Å²) in [4.78, 5) is 22.7. The van der Waals surface area contributed by atoms with Crippen molar-refractivity contribution in [2.75, 3.05) is 18.9 Å². The molecule has 1 saturated heterocycles. The number of ether oxygens (including phenoxy) is 1. The number of hydrogen-bond donors (Lipinski definition) is 2. The summed E-state index contributed by atoms with van der Waals surface area (Å²) in [5.41, 5.74) is 10.8. The molecule has 0 aliphatic carbocycles. The van der Waals surface area contributed by atoms with Gasteiger partial charge >= 0.3 is 0 Å². The van der Waals surface area contributed by atoms with Crippen molar-refractivity contribution < 1.29 is 9.53 Å². The first kappa shape index (κ1) is 19.5. The summed E-state index contributed by atoms with van der Waals surface area (Å²) >= 11 is 0. The Balaban J connectivity index is 1.53. The summed E-state index contributed by atoms with van der Waals surface area (Å²) in [5, 5.41) is 2.98. The maximum atomic E-state index is 13.1. The number of amides is 1. The first-order chi connectivity index (χ1) is 15.2. The summed E-state index contributed by atoms with van der Waals surface area (Å²) < 4.78 is 7.53. The molecule has 31 heavy (non-hydrogen) atoms. The number of carbonyl (C=O) groups excluding carboxylic acids is 1. The van der Waals surface area contributed by atoms with Crippen LogP contribution in [-0.2, 0) is 17.7 Å². The van der Waals surface area contributed by atoms with E-state index < -0.39 is 0 Å². The third-order valence-corrected chi connectivity index (χ3v) is 5.80. The van der Waals surface area contributed by atoms with Gasteiger partial charge in [0.15, 0.2) is 5.65 Å². The number of anilines is 1. The summed E-state index contributed by atoms with van der Waals surface area (Å²) in [6.07, 6.45) is 2.82. The predicted octanol–water partition coefficient (Wildman–Crippen LogP) is 3.32. The Kier molecular flexibility index (Phi) is 5.26. The monoisotopic (exact) mass is 415 g/mol. The molecule has 158 valence electrons. The van der Waals surface area contributed by atoms with Crippen LogP contribution in [0.2, 0.25) is 0 Å². The topological polar surface area (TPSA) is 95.1 Å². The van der Waals surface area contributed by atoms with Crippen LogP contribution in [0.15, 0.2) is 54.6 Å². The van der Waals surface area contributed by atoms with Gasteiger partial charge in [-0.05, 0) is 37.0 Å². The Morgan fingerprint density at radius 2 is 1.84 bits per heavy atom. The lowest BCUT2D eigenvalue weighted by Gasteiger charge is -2.11. The Hall–Kier alpha value is -3.45. The number of benzene rings is 2. The normalized spacial score (nSPS) is 16.2. The van der Waals surface area contributed by atoms with Gasteiger partial charge in [-0.15, -0.1) is 0 Å². The van der Waals surface area contributed by atoms with E-state index in [4.69, 9.17) is 20.4 Å². The number of rotatable bonds is 6. The van der Waals surface area contributed by atoms with E-state index in [-0.39, 0.29) is 12.0 Å². The molecule has 1 atom stereocenters. The van der Waals surface area contributed by atoms with Gasteiger partial charge in [0.05, 0.1) is 17.1 Å². The van der Waals surface area contributed by atoms with Gasteiger partial charge in [0.25, 0.3) is 5.91 Å². The molecule has 1 aliphatic rings. The first-order valence-electron chi connectivity index (χ1n) is 10.7. The van der Waals surface area contributed by atoms with Crippen molar-refractivity contribution in [1.82, 2.24) is 19.9 Å². The SMILES string of the molecule is Nc1c(C(=O)NCC2CCCO2)c2nc3ccccc3nc2n1CCc1ccccc1. The third-order valence-electron chi connectivity index (χ3n) is 5.80. The highest BCUT2D eigenvalue weighted by Gasteiger charge is 2.25. The second-order valence-electron chi connectivity index (χ2n) is 7.88. The lowest BCUT2D eigenvalue weighted by atomic mass is 10.1. The predicted molar refractivity (Wildman–Crippen MR) is 121 cm³/mol. The fourth-order valence-electron chi connectivity index (χ4n) is 4.15. The molecule has 1 unspecified atom stereocenters. The maximum Gasteiger partial charge on any atom is 0.257 e. The van der Waals surface area contributed by atoms with Crippen molar-refractivity contribution in [3.63, 3.8) is 0 Å². The van der Waals surface area contributed by atoms with E-state index >= 15 is 0 Å². The van der Waals surface area contributed by atoms with Gasteiger partial charge < -0.3 is 20.4 Å². The molecule has 2 aromatic heterocycles. The highest BCUT2D eigenvalue weighted by Crippen LogP contribution is 2.28. The minimum atomic E-state index is -0.235. The van der Waals surface area contributed by atoms with Gasteiger partial charge in [-0.1, -0.05) is 42.5 Å². The quantitative estimate of drug-likeness (QED) is 0.504. The molecule has 4 aromatic rings. The van der Waals surface area contributed by atoms with Gasteiger partial charge in [0.1, 0.15) is 16.9 Å². The first-order valence-corrected chi connectivity index (χ1v) is 10.7. The molecule has 0 radical (unpaired) electrons. The van der Waals surface area contributed by atoms with Gasteiger partial charge in [-0.25, -0.2) is 9.97 Å². The number of carbonyl (C=O) groups is 1. The molecule has 7 nitrogen and oxygen atoms in total. The van der Waals surface area contributed by atoms with Crippen LogP contribution in [0.1, 0.15) is 28.8 Å². The van der Waals surface area contributed by atoms with Crippen molar-refractivity contribution in [2.45, 2.75) is 31.9 Å². The van der Waals surface area contributed by atoms with Crippen molar-refractivity contribution in [1.29, 1.82) is 0 Å². The Bertz CT molecular complexity index is 1230. The smallest absolute Gasteiger partial charge is 0.257 e. The molecule has 0 bridgehead atoms. The van der Waals surface area contributed by atoms with Crippen molar-refractivity contribution >= 4 is 33.9 Å². The molecule has 1 fully saturated rings. The van der Waals surface area contributed by atoms with Crippen molar-refractivity contribution in [3.05, 3.63) is 65.7 Å². The average Bonchev–Trinajstić information content (AvgIpc) is 3.41. The molecule has 0 spiro atoms. The van der Waals surface area contributed by atoms with Crippen molar-refractivity contribution in [3.8, 4) is 0 Å². The molecule has 7 heteroatoms. The second-order valence-corrected chi connectivity index (χ2v) is 7.88. The number of aromatic nitrogens is 3. The van der Waals surface area contributed by atoms with E-state index in [1.54, 1.807) is 0 Å². The van der Waals surface area contributed by atoms with Crippen molar-refractivity contribution in [2.24, 2.45) is 0 Å². The fraction of sp³-hybridized carbons (Fsp3) is 0.292. The van der Waals surface area contributed by atoms with Crippen LogP contribution in [-0.4, -0.2) is 39.7 Å². The van der Waals surface area contributed by atoms with Gasteiger partial charge in [-0.3, -0.25) is 4.79 Å². The minimum Gasteiger partial charge on any atom is -0.384 e.